The van der Waals surface area contributed by atoms with E-state index in [9.17, 15) is 4.79 Å². The molecule has 24 heavy (non-hydrogen) atoms. The minimum Gasteiger partial charge on any atom is -0.377 e. The number of nitrogens with zero attached hydrogens (tertiary/aromatic N) is 3. The summed E-state index contributed by atoms with van der Waals surface area (Å²) in [6.07, 6.45) is 4.31. The molecule has 0 aromatic carbocycles. The van der Waals surface area contributed by atoms with Gasteiger partial charge in [0.2, 0.25) is 0 Å². The second-order valence-corrected chi connectivity index (χ2v) is 7.93. The van der Waals surface area contributed by atoms with Gasteiger partial charge in [-0.3, -0.25) is 14.1 Å². The van der Waals surface area contributed by atoms with Crippen LogP contribution in [0, 0.1) is 0 Å². The molecule has 1 saturated heterocycles. The molecule has 5 nitrogen and oxygen atoms in total. The zero-order valence-corrected chi connectivity index (χ0v) is 14.9. The fourth-order valence-electron chi connectivity index (χ4n) is 3.08. The maximum atomic E-state index is 12.2. The summed E-state index contributed by atoms with van der Waals surface area (Å²) in [5, 5.41) is 3.99. The first-order chi connectivity index (χ1) is 11.8. The van der Waals surface area contributed by atoms with Crippen LogP contribution >= 0.6 is 22.7 Å². The molecule has 7 heteroatoms. The molecule has 1 atom stereocenters. The normalized spacial score (nSPS) is 18.0. The SMILES string of the molecule is O=c1cc(CN(Cc2cccs2)CC2CCCO2)nc2sccn12. The van der Waals surface area contributed by atoms with Gasteiger partial charge in [0, 0.05) is 48.8 Å². The summed E-state index contributed by atoms with van der Waals surface area (Å²) in [5.74, 6) is 0. The van der Waals surface area contributed by atoms with E-state index in [2.05, 4.69) is 27.4 Å². The van der Waals surface area contributed by atoms with Crippen molar-refractivity contribution < 1.29 is 4.74 Å². The molecular formula is C17H19N3O2S2. The molecule has 1 unspecified atom stereocenters. The Balaban J connectivity index is 1.55. The van der Waals surface area contributed by atoms with Gasteiger partial charge >= 0.3 is 0 Å². The van der Waals surface area contributed by atoms with Gasteiger partial charge in [0.1, 0.15) is 0 Å². The van der Waals surface area contributed by atoms with Gasteiger partial charge in [0.05, 0.1) is 11.8 Å². The van der Waals surface area contributed by atoms with Gasteiger partial charge in [-0.25, -0.2) is 4.98 Å². The lowest BCUT2D eigenvalue weighted by Crippen LogP contribution is -2.32. The summed E-state index contributed by atoms with van der Waals surface area (Å²) in [5.41, 5.74) is 0.821. The first-order valence-corrected chi connectivity index (χ1v) is 9.86. The number of aromatic nitrogens is 2. The van der Waals surface area contributed by atoms with Gasteiger partial charge in [-0.1, -0.05) is 6.07 Å². The Hall–Kier alpha value is -1.54. The smallest absolute Gasteiger partial charge is 0.258 e. The molecule has 0 aliphatic carbocycles. The summed E-state index contributed by atoms with van der Waals surface area (Å²) in [7, 11) is 0. The number of thiophene rings is 1. The van der Waals surface area contributed by atoms with Crippen LogP contribution in [0.5, 0.6) is 0 Å². The van der Waals surface area contributed by atoms with Crippen molar-refractivity contribution in [2.75, 3.05) is 13.2 Å². The lowest BCUT2D eigenvalue weighted by molar-refractivity contribution is 0.0678. The summed E-state index contributed by atoms with van der Waals surface area (Å²) in [6.45, 7) is 3.27. The first-order valence-electron chi connectivity index (χ1n) is 8.10. The third kappa shape index (κ3) is 3.59. The third-order valence-corrected chi connectivity index (χ3v) is 5.80. The van der Waals surface area contributed by atoms with Gasteiger partial charge in [0.15, 0.2) is 4.96 Å². The summed E-state index contributed by atoms with van der Waals surface area (Å²) >= 11 is 3.25. The zero-order chi connectivity index (χ0) is 16.4. The van der Waals surface area contributed by atoms with E-state index in [-0.39, 0.29) is 11.7 Å². The highest BCUT2D eigenvalue weighted by Crippen LogP contribution is 2.19. The predicted octanol–water partition coefficient (Wildman–Crippen LogP) is 3.00. The van der Waals surface area contributed by atoms with E-state index in [1.807, 2.05) is 5.38 Å². The van der Waals surface area contributed by atoms with Crippen LogP contribution in [-0.4, -0.2) is 33.5 Å². The van der Waals surface area contributed by atoms with Crippen molar-refractivity contribution in [2.45, 2.75) is 32.0 Å². The van der Waals surface area contributed by atoms with Crippen molar-refractivity contribution in [3.63, 3.8) is 0 Å². The molecular weight excluding hydrogens is 342 g/mol. The molecule has 0 spiro atoms. The van der Waals surface area contributed by atoms with Crippen LogP contribution in [0.2, 0.25) is 0 Å². The van der Waals surface area contributed by atoms with Crippen LogP contribution < -0.4 is 5.56 Å². The molecule has 4 heterocycles. The topological polar surface area (TPSA) is 46.8 Å². The van der Waals surface area contributed by atoms with E-state index < -0.39 is 0 Å². The summed E-state index contributed by atoms with van der Waals surface area (Å²) in [4.78, 5) is 21.3. The van der Waals surface area contributed by atoms with Crippen molar-refractivity contribution in [3.05, 3.63) is 56.1 Å². The Bertz CT molecular complexity index is 850. The summed E-state index contributed by atoms with van der Waals surface area (Å²) < 4.78 is 7.39. The van der Waals surface area contributed by atoms with Gasteiger partial charge in [-0.15, -0.1) is 22.7 Å². The lowest BCUT2D eigenvalue weighted by Gasteiger charge is -2.24. The fourth-order valence-corrected chi connectivity index (χ4v) is 4.57. The molecule has 3 aromatic rings. The standard InChI is InChI=1S/C17H19N3O2S2/c21-16-9-13(18-17-20(16)5-8-24-17)10-19(11-14-3-1-6-22-14)12-15-4-2-7-23-15/h2,4-5,7-9,14H,1,3,6,10-12H2. The maximum absolute atomic E-state index is 12.2. The molecule has 1 aliphatic rings. The Kier molecular flexibility index (Phi) is 4.75. The van der Waals surface area contributed by atoms with Crippen LogP contribution in [0.3, 0.4) is 0 Å². The number of hydrogen-bond acceptors (Lipinski definition) is 6. The number of thiazole rings is 1. The zero-order valence-electron chi connectivity index (χ0n) is 13.3. The molecule has 0 N–H and O–H groups in total. The van der Waals surface area contributed by atoms with Gasteiger partial charge < -0.3 is 4.74 Å². The number of fused-ring (bicyclic) bond motifs is 1. The Morgan fingerprint density at radius 3 is 3.08 bits per heavy atom. The summed E-state index contributed by atoms with van der Waals surface area (Å²) in [6, 6.07) is 5.88. The largest absolute Gasteiger partial charge is 0.377 e. The highest BCUT2D eigenvalue weighted by molar-refractivity contribution is 7.15. The fraction of sp³-hybridized carbons (Fsp3) is 0.412. The average Bonchev–Trinajstić information content (AvgIpc) is 3.28. The molecule has 1 fully saturated rings. The lowest BCUT2D eigenvalue weighted by atomic mass is 10.2. The van der Waals surface area contributed by atoms with Crippen LogP contribution in [0.4, 0.5) is 0 Å². The van der Waals surface area contributed by atoms with E-state index in [0.717, 1.165) is 43.2 Å². The molecule has 126 valence electrons. The minimum atomic E-state index is -0.00978. The molecule has 0 bridgehead atoms. The second-order valence-electron chi connectivity index (χ2n) is 6.03. The minimum absolute atomic E-state index is 0.00978. The Morgan fingerprint density at radius 1 is 1.33 bits per heavy atom. The predicted molar refractivity (Wildman–Crippen MR) is 96.7 cm³/mol. The highest BCUT2D eigenvalue weighted by atomic mass is 32.1. The average molecular weight is 361 g/mol. The van der Waals surface area contributed by atoms with E-state index in [0.29, 0.717) is 6.54 Å². The van der Waals surface area contributed by atoms with E-state index in [1.165, 1.54) is 16.2 Å². The molecule has 4 rings (SSSR count). The molecule has 3 aromatic heterocycles. The third-order valence-electron chi connectivity index (χ3n) is 4.19. The second kappa shape index (κ2) is 7.14. The molecule has 0 amide bonds. The highest BCUT2D eigenvalue weighted by Gasteiger charge is 2.20. The van der Waals surface area contributed by atoms with Crippen molar-refractivity contribution in [2.24, 2.45) is 0 Å². The number of ether oxygens (including phenoxy) is 1. The molecule has 0 radical (unpaired) electrons. The monoisotopic (exact) mass is 361 g/mol. The van der Waals surface area contributed by atoms with Crippen molar-refractivity contribution in [1.29, 1.82) is 0 Å². The van der Waals surface area contributed by atoms with Gasteiger partial charge in [-0.05, 0) is 24.3 Å². The van der Waals surface area contributed by atoms with Crippen LogP contribution in [-0.2, 0) is 17.8 Å². The van der Waals surface area contributed by atoms with Gasteiger partial charge in [0.25, 0.3) is 5.56 Å². The van der Waals surface area contributed by atoms with E-state index in [4.69, 9.17) is 4.74 Å². The molecule has 1 aliphatic heterocycles. The van der Waals surface area contributed by atoms with Crippen molar-refractivity contribution >= 4 is 27.6 Å². The quantitative estimate of drug-likeness (QED) is 0.677. The Labute approximate surface area is 148 Å². The molecule has 0 saturated carbocycles. The Morgan fingerprint density at radius 2 is 2.29 bits per heavy atom. The van der Waals surface area contributed by atoms with Crippen molar-refractivity contribution in [3.8, 4) is 0 Å². The van der Waals surface area contributed by atoms with Crippen LogP contribution in [0.15, 0.2) is 40.0 Å². The van der Waals surface area contributed by atoms with E-state index >= 15 is 0 Å². The van der Waals surface area contributed by atoms with Crippen LogP contribution in [0.25, 0.3) is 4.96 Å². The van der Waals surface area contributed by atoms with Crippen molar-refractivity contribution in [1.82, 2.24) is 14.3 Å². The van der Waals surface area contributed by atoms with E-state index in [1.54, 1.807) is 28.0 Å². The van der Waals surface area contributed by atoms with Crippen LogP contribution in [0.1, 0.15) is 23.4 Å². The number of rotatable bonds is 6. The van der Waals surface area contributed by atoms with Gasteiger partial charge in [-0.2, -0.15) is 0 Å². The number of hydrogen-bond donors (Lipinski definition) is 0. The maximum Gasteiger partial charge on any atom is 0.258 e. The first kappa shape index (κ1) is 16.0.